The predicted molar refractivity (Wildman–Crippen MR) is 114 cm³/mol. The van der Waals surface area contributed by atoms with E-state index in [9.17, 15) is 4.79 Å². The van der Waals surface area contributed by atoms with Crippen LogP contribution in [0.25, 0.3) is 16.6 Å². The second kappa shape index (κ2) is 7.28. The Labute approximate surface area is 179 Å². The molecule has 0 aliphatic carbocycles. The summed E-state index contributed by atoms with van der Waals surface area (Å²) in [4.78, 5) is 14.8. The fourth-order valence-electron chi connectivity index (χ4n) is 4.41. The van der Waals surface area contributed by atoms with Crippen molar-refractivity contribution in [2.75, 3.05) is 33.3 Å². The number of methoxy groups -OCH3 is 1. The van der Waals surface area contributed by atoms with Crippen molar-refractivity contribution in [2.24, 2.45) is 5.41 Å². The van der Waals surface area contributed by atoms with E-state index < -0.39 is 0 Å². The number of hydrogen-bond acceptors (Lipinski definition) is 5. The van der Waals surface area contributed by atoms with Crippen LogP contribution in [0.5, 0.6) is 5.75 Å². The SMILES string of the molecule is COc1cc(-c2cnn(C3CCN(C(=O)C4(C)CNC4)CC3)c2)cn2ncc(Cl)c12. The summed E-state index contributed by atoms with van der Waals surface area (Å²) >= 11 is 6.22. The topological polar surface area (TPSA) is 76.7 Å². The lowest BCUT2D eigenvalue weighted by molar-refractivity contribution is -0.145. The summed E-state index contributed by atoms with van der Waals surface area (Å²) in [6, 6.07) is 2.25. The zero-order valence-electron chi connectivity index (χ0n) is 17.1. The molecule has 1 N–H and O–H groups in total. The van der Waals surface area contributed by atoms with E-state index in [0.29, 0.717) is 16.8 Å². The monoisotopic (exact) mass is 428 g/mol. The van der Waals surface area contributed by atoms with Gasteiger partial charge in [0.25, 0.3) is 0 Å². The smallest absolute Gasteiger partial charge is 0.231 e. The summed E-state index contributed by atoms with van der Waals surface area (Å²) in [5, 5.41) is 12.7. The van der Waals surface area contributed by atoms with Crippen molar-refractivity contribution in [3.8, 4) is 16.9 Å². The molecule has 0 unspecified atom stereocenters. The number of likely N-dealkylation sites (tertiary alicyclic amines) is 1. The number of carbonyl (C=O) groups excluding carboxylic acids is 1. The highest BCUT2D eigenvalue weighted by molar-refractivity contribution is 6.34. The van der Waals surface area contributed by atoms with Crippen LogP contribution in [0.1, 0.15) is 25.8 Å². The molecule has 8 nitrogen and oxygen atoms in total. The van der Waals surface area contributed by atoms with Gasteiger partial charge < -0.3 is 15.0 Å². The molecule has 5 heterocycles. The highest BCUT2D eigenvalue weighted by Gasteiger charge is 2.42. The quantitative estimate of drug-likeness (QED) is 0.691. The van der Waals surface area contributed by atoms with Crippen LogP contribution in [0.4, 0.5) is 0 Å². The molecule has 0 saturated carbocycles. The van der Waals surface area contributed by atoms with E-state index >= 15 is 0 Å². The minimum absolute atomic E-state index is 0.223. The predicted octanol–water partition coefficient (Wildman–Crippen LogP) is 2.63. The number of pyridine rings is 1. The number of carbonyl (C=O) groups is 1. The zero-order valence-corrected chi connectivity index (χ0v) is 17.9. The fourth-order valence-corrected chi connectivity index (χ4v) is 4.64. The third kappa shape index (κ3) is 3.15. The van der Waals surface area contributed by atoms with Gasteiger partial charge in [-0.1, -0.05) is 11.6 Å². The molecule has 3 aromatic heterocycles. The second-order valence-corrected chi connectivity index (χ2v) is 8.89. The van der Waals surface area contributed by atoms with Crippen LogP contribution in [-0.4, -0.2) is 63.5 Å². The Morgan fingerprint density at radius 3 is 2.63 bits per heavy atom. The Morgan fingerprint density at radius 1 is 1.20 bits per heavy atom. The number of aromatic nitrogens is 4. The maximum Gasteiger partial charge on any atom is 0.231 e. The Morgan fingerprint density at radius 2 is 1.97 bits per heavy atom. The number of ether oxygens (including phenoxy) is 1. The van der Waals surface area contributed by atoms with E-state index in [-0.39, 0.29) is 11.3 Å². The van der Waals surface area contributed by atoms with E-state index in [0.717, 1.165) is 55.7 Å². The van der Waals surface area contributed by atoms with Gasteiger partial charge in [-0.05, 0) is 25.8 Å². The molecule has 5 rings (SSSR count). The standard InChI is InChI=1S/C21H25ClN6O2/c1-21(12-23-13-21)20(29)26-5-3-16(4-6-26)27-11-15(8-24-27)14-7-18(30-2)19-17(22)9-25-28(19)10-14/h7-11,16,23H,3-6,12-13H2,1-2H3. The number of nitrogens with one attached hydrogen (secondary N) is 1. The van der Waals surface area contributed by atoms with Gasteiger partial charge in [0.15, 0.2) is 0 Å². The number of halogens is 1. The zero-order chi connectivity index (χ0) is 20.9. The molecule has 2 fully saturated rings. The van der Waals surface area contributed by atoms with Crippen molar-refractivity contribution in [1.82, 2.24) is 29.6 Å². The first-order chi connectivity index (χ1) is 14.5. The summed E-state index contributed by atoms with van der Waals surface area (Å²) in [6.07, 6.45) is 9.29. The Kier molecular flexibility index (Phi) is 4.71. The van der Waals surface area contributed by atoms with Crippen LogP contribution < -0.4 is 10.1 Å². The summed E-state index contributed by atoms with van der Waals surface area (Å²) < 4.78 is 9.27. The van der Waals surface area contributed by atoms with Crippen molar-refractivity contribution in [3.63, 3.8) is 0 Å². The minimum Gasteiger partial charge on any atom is -0.494 e. The summed E-state index contributed by atoms with van der Waals surface area (Å²) in [5.41, 5.74) is 2.48. The van der Waals surface area contributed by atoms with Gasteiger partial charge in [0.05, 0.1) is 36.0 Å². The third-order valence-electron chi connectivity index (χ3n) is 6.36. The average Bonchev–Trinajstić information content (AvgIpc) is 3.38. The molecule has 0 atom stereocenters. The Hall–Kier alpha value is -2.58. The van der Waals surface area contributed by atoms with Crippen molar-refractivity contribution in [1.29, 1.82) is 0 Å². The van der Waals surface area contributed by atoms with E-state index in [1.807, 2.05) is 28.0 Å². The van der Waals surface area contributed by atoms with Crippen LogP contribution >= 0.6 is 11.6 Å². The first kappa shape index (κ1) is 19.4. The molecule has 2 saturated heterocycles. The van der Waals surface area contributed by atoms with Gasteiger partial charge in [0.2, 0.25) is 5.91 Å². The van der Waals surface area contributed by atoms with Gasteiger partial charge in [-0.25, -0.2) is 4.52 Å². The summed E-state index contributed by atoms with van der Waals surface area (Å²) in [7, 11) is 1.63. The molecular formula is C21H25ClN6O2. The van der Waals surface area contributed by atoms with Gasteiger partial charge in [-0.15, -0.1) is 0 Å². The van der Waals surface area contributed by atoms with Crippen molar-refractivity contribution < 1.29 is 9.53 Å². The number of piperidine rings is 1. The van der Waals surface area contributed by atoms with E-state index in [1.165, 1.54) is 0 Å². The number of hydrogen-bond donors (Lipinski definition) is 1. The van der Waals surface area contributed by atoms with Gasteiger partial charge >= 0.3 is 0 Å². The largest absolute Gasteiger partial charge is 0.494 e. The van der Waals surface area contributed by atoms with Crippen LogP contribution in [0.3, 0.4) is 0 Å². The van der Waals surface area contributed by atoms with Crippen LogP contribution in [0.15, 0.2) is 30.9 Å². The molecule has 9 heteroatoms. The van der Waals surface area contributed by atoms with Crippen molar-refractivity contribution in [3.05, 3.63) is 35.9 Å². The van der Waals surface area contributed by atoms with Crippen molar-refractivity contribution >= 4 is 23.0 Å². The van der Waals surface area contributed by atoms with Gasteiger partial charge in [-0.2, -0.15) is 10.2 Å². The molecule has 0 radical (unpaired) electrons. The molecule has 158 valence electrons. The average molecular weight is 429 g/mol. The number of fused-ring (bicyclic) bond motifs is 1. The molecule has 0 spiro atoms. The number of rotatable bonds is 4. The van der Waals surface area contributed by atoms with Gasteiger partial charge in [0, 0.05) is 49.7 Å². The molecular weight excluding hydrogens is 404 g/mol. The summed E-state index contributed by atoms with van der Waals surface area (Å²) in [6.45, 7) is 5.17. The van der Waals surface area contributed by atoms with Crippen LogP contribution in [0.2, 0.25) is 5.02 Å². The van der Waals surface area contributed by atoms with E-state index in [1.54, 1.807) is 17.8 Å². The van der Waals surface area contributed by atoms with E-state index in [4.69, 9.17) is 16.3 Å². The van der Waals surface area contributed by atoms with Crippen molar-refractivity contribution in [2.45, 2.75) is 25.8 Å². The van der Waals surface area contributed by atoms with E-state index in [2.05, 4.69) is 28.6 Å². The first-order valence-corrected chi connectivity index (χ1v) is 10.6. The molecule has 0 bridgehead atoms. The molecule has 3 aromatic rings. The first-order valence-electron chi connectivity index (χ1n) is 10.2. The molecule has 2 aliphatic heterocycles. The Bertz CT molecular complexity index is 1090. The normalized spacial score (nSPS) is 19.1. The lowest BCUT2D eigenvalue weighted by atomic mass is 9.82. The molecule has 1 amide bonds. The highest BCUT2D eigenvalue weighted by atomic mass is 35.5. The number of amides is 1. The van der Waals surface area contributed by atoms with Gasteiger partial charge in [0.1, 0.15) is 11.3 Å². The lowest BCUT2D eigenvalue weighted by Gasteiger charge is -2.43. The highest BCUT2D eigenvalue weighted by Crippen LogP contribution is 2.33. The molecule has 0 aromatic carbocycles. The molecule has 30 heavy (non-hydrogen) atoms. The van der Waals surface area contributed by atoms with Crippen LogP contribution in [-0.2, 0) is 4.79 Å². The lowest BCUT2D eigenvalue weighted by Crippen LogP contribution is -2.61. The third-order valence-corrected chi connectivity index (χ3v) is 6.64. The molecule has 2 aliphatic rings. The summed E-state index contributed by atoms with van der Waals surface area (Å²) in [5.74, 6) is 0.952. The Balaban J connectivity index is 1.32. The fraction of sp³-hybridized carbons (Fsp3) is 0.476. The van der Waals surface area contributed by atoms with Gasteiger partial charge in [-0.3, -0.25) is 9.48 Å². The maximum atomic E-state index is 12.7. The minimum atomic E-state index is -0.223. The van der Waals surface area contributed by atoms with Crippen LogP contribution in [0, 0.1) is 5.41 Å². The maximum absolute atomic E-state index is 12.7. The second-order valence-electron chi connectivity index (χ2n) is 8.48. The number of nitrogens with zero attached hydrogens (tertiary/aromatic N) is 5.